The number of hydrogen-bond donors (Lipinski definition) is 0. The molecule has 0 spiro atoms. The average molecular weight is 342 g/mol. The van der Waals surface area contributed by atoms with E-state index >= 15 is 0 Å². The molecule has 0 N–H and O–H groups in total. The number of carbonyl (C=O) groups is 1. The Morgan fingerprint density at radius 3 is 2.80 bits per heavy atom. The quantitative estimate of drug-likeness (QED) is 0.665. The molecular formula is C19H16F2N2O2. The van der Waals surface area contributed by atoms with Crippen molar-refractivity contribution in [3.8, 4) is 0 Å². The number of ether oxygens (including phenoxy) is 1. The highest BCUT2D eigenvalue weighted by molar-refractivity contribution is 5.89. The molecule has 0 atom stereocenters. The van der Waals surface area contributed by atoms with Crippen molar-refractivity contribution in [3.05, 3.63) is 65.0 Å². The molecule has 4 rings (SSSR count). The fourth-order valence-electron chi connectivity index (χ4n) is 3.33. The Hall–Kier alpha value is -2.76. The van der Waals surface area contributed by atoms with Crippen LogP contribution in [-0.4, -0.2) is 15.5 Å². The Kier molecular flexibility index (Phi) is 3.95. The standard InChI is InChI=1S/C19H16F2N2O2/c20-19(21)23-16-7-2-1-6-15(16)22-17(23)11-25-18(24)14-9-8-12-4-3-5-13(12)10-14/h1-2,6-10,19H,3-5,11H2. The summed E-state index contributed by atoms with van der Waals surface area (Å²) in [4.78, 5) is 16.4. The van der Waals surface area contributed by atoms with Crippen molar-refractivity contribution in [3.63, 3.8) is 0 Å². The Balaban J connectivity index is 1.56. The summed E-state index contributed by atoms with van der Waals surface area (Å²) in [6.07, 6.45) is 3.08. The Morgan fingerprint density at radius 1 is 1.16 bits per heavy atom. The van der Waals surface area contributed by atoms with Crippen molar-refractivity contribution in [2.45, 2.75) is 32.4 Å². The maximum atomic E-state index is 13.4. The first-order chi connectivity index (χ1) is 12.1. The normalized spacial score (nSPS) is 13.4. The minimum absolute atomic E-state index is 0.0331. The summed E-state index contributed by atoms with van der Waals surface area (Å²) in [6.45, 7) is -3.05. The second-order valence-electron chi connectivity index (χ2n) is 6.08. The van der Waals surface area contributed by atoms with Gasteiger partial charge in [0.15, 0.2) is 5.82 Å². The third-order valence-electron chi connectivity index (χ3n) is 4.53. The monoisotopic (exact) mass is 342 g/mol. The van der Waals surface area contributed by atoms with Crippen LogP contribution in [-0.2, 0) is 24.2 Å². The van der Waals surface area contributed by atoms with Crippen molar-refractivity contribution in [2.75, 3.05) is 0 Å². The van der Waals surface area contributed by atoms with E-state index in [1.807, 2.05) is 12.1 Å². The van der Waals surface area contributed by atoms with Gasteiger partial charge in [0.1, 0.15) is 6.61 Å². The molecule has 1 aliphatic rings. The summed E-state index contributed by atoms with van der Waals surface area (Å²) in [5.74, 6) is -0.492. The van der Waals surface area contributed by atoms with Gasteiger partial charge in [-0.1, -0.05) is 18.2 Å². The highest BCUT2D eigenvalue weighted by atomic mass is 19.3. The minimum atomic E-state index is -2.75. The predicted molar refractivity (Wildman–Crippen MR) is 88.6 cm³/mol. The Bertz CT molecular complexity index is 950. The molecule has 0 amide bonds. The Morgan fingerprint density at radius 2 is 1.96 bits per heavy atom. The van der Waals surface area contributed by atoms with Crippen LogP contribution < -0.4 is 0 Å². The third-order valence-corrected chi connectivity index (χ3v) is 4.53. The molecule has 0 radical (unpaired) electrons. The van der Waals surface area contributed by atoms with Gasteiger partial charge in [-0.25, -0.2) is 9.78 Å². The summed E-state index contributed by atoms with van der Waals surface area (Å²) in [5.41, 5.74) is 3.64. The van der Waals surface area contributed by atoms with Gasteiger partial charge in [-0.05, 0) is 54.7 Å². The van der Waals surface area contributed by atoms with Gasteiger partial charge >= 0.3 is 12.5 Å². The van der Waals surface area contributed by atoms with Crippen molar-refractivity contribution in [1.29, 1.82) is 0 Å². The summed E-state index contributed by atoms with van der Waals surface area (Å²) in [5, 5.41) is 0. The van der Waals surface area contributed by atoms with E-state index in [0.717, 1.165) is 29.4 Å². The number of aryl methyl sites for hydroxylation is 2. The number of rotatable bonds is 4. The molecule has 0 saturated carbocycles. The van der Waals surface area contributed by atoms with Crippen molar-refractivity contribution in [2.24, 2.45) is 0 Å². The van der Waals surface area contributed by atoms with Crippen LogP contribution in [0.1, 0.15) is 40.3 Å². The summed E-state index contributed by atoms with van der Waals surface area (Å²) in [7, 11) is 0. The number of nitrogens with zero attached hydrogens (tertiary/aromatic N) is 2. The van der Waals surface area contributed by atoms with E-state index in [2.05, 4.69) is 4.98 Å². The molecule has 128 valence electrons. The number of halogens is 2. The van der Waals surface area contributed by atoms with Gasteiger partial charge in [0, 0.05) is 0 Å². The van der Waals surface area contributed by atoms with Crippen LogP contribution in [0.2, 0.25) is 0 Å². The smallest absolute Gasteiger partial charge is 0.338 e. The number of fused-ring (bicyclic) bond motifs is 2. The largest absolute Gasteiger partial charge is 0.454 e. The molecule has 2 aromatic carbocycles. The van der Waals surface area contributed by atoms with E-state index < -0.39 is 12.5 Å². The number of para-hydroxylation sites is 2. The van der Waals surface area contributed by atoms with Crippen molar-refractivity contribution < 1.29 is 18.3 Å². The van der Waals surface area contributed by atoms with E-state index in [4.69, 9.17) is 4.74 Å². The fourth-order valence-corrected chi connectivity index (χ4v) is 3.33. The maximum absolute atomic E-state index is 13.4. The van der Waals surface area contributed by atoms with Crippen molar-refractivity contribution >= 4 is 17.0 Å². The van der Waals surface area contributed by atoms with Gasteiger partial charge in [0.25, 0.3) is 0 Å². The first-order valence-electron chi connectivity index (χ1n) is 8.16. The molecule has 25 heavy (non-hydrogen) atoms. The predicted octanol–water partition coefficient (Wildman–Crippen LogP) is 4.28. The zero-order chi connectivity index (χ0) is 17.4. The van der Waals surface area contributed by atoms with Gasteiger partial charge in [0.2, 0.25) is 0 Å². The van der Waals surface area contributed by atoms with Crippen LogP contribution in [0.25, 0.3) is 11.0 Å². The molecule has 1 aromatic heterocycles. The lowest BCUT2D eigenvalue weighted by Crippen LogP contribution is -2.11. The molecule has 1 heterocycles. The summed E-state index contributed by atoms with van der Waals surface area (Å²) < 4.78 is 32.8. The number of carbonyl (C=O) groups excluding carboxylic acids is 1. The number of imidazole rings is 1. The van der Waals surface area contributed by atoms with E-state index in [9.17, 15) is 13.6 Å². The lowest BCUT2D eigenvalue weighted by molar-refractivity contribution is 0.0387. The lowest BCUT2D eigenvalue weighted by Gasteiger charge is -2.09. The van der Waals surface area contributed by atoms with E-state index in [-0.39, 0.29) is 12.4 Å². The highest BCUT2D eigenvalue weighted by Crippen LogP contribution is 2.25. The molecule has 0 unspecified atom stereocenters. The first-order valence-corrected chi connectivity index (χ1v) is 8.16. The Labute approximate surface area is 143 Å². The summed E-state index contributed by atoms with van der Waals surface area (Å²) in [6, 6.07) is 12.1. The topological polar surface area (TPSA) is 44.1 Å². The van der Waals surface area contributed by atoms with E-state index in [0.29, 0.717) is 16.6 Å². The van der Waals surface area contributed by atoms with Crippen LogP contribution in [0, 0.1) is 0 Å². The first kappa shape index (κ1) is 15.7. The van der Waals surface area contributed by atoms with Gasteiger partial charge in [0.05, 0.1) is 16.6 Å². The lowest BCUT2D eigenvalue weighted by atomic mass is 10.1. The molecule has 0 fully saturated rings. The fraction of sp³-hybridized carbons (Fsp3) is 0.263. The number of alkyl halides is 2. The molecule has 3 aromatic rings. The molecular weight excluding hydrogens is 326 g/mol. The van der Waals surface area contributed by atoms with Crippen LogP contribution in [0.5, 0.6) is 0 Å². The number of esters is 1. The van der Waals surface area contributed by atoms with Crippen LogP contribution in [0.4, 0.5) is 8.78 Å². The zero-order valence-corrected chi connectivity index (χ0v) is 13.4. The molecule has 1 aliphatic carbocycles. The van der Waals surface area contributed by atoms with Crippen LogP contribution >= 0.6 is 0 Å². The van der Waals surface area contributed by atoms with Crippen molar-refractivity contribution in [1.82, 2.24) is 9.55 Å². The second-order valence-corrected chi connectivity index (χ2v) is 6.08. The summed E-state index contributed by atoms with van der Waals surface area (Å²) >= 11 is 0. The van der Waals surface area contributed by atoms with Crippen LogP contribution in [0.3, 0.4) is 0 Å². The number of benzene rings is 2. The van der Waals surface area contributed by atoms with Gasteiger partial charge in [-0.2, -0.15) is 8.78 Å². The number of aromatic nitrogens is 2. The molecule has 0 aliphatic heterocycles. The molecule has 0 bridgehead atoms. The van der Waals surface area contributed by atoms with E-state index in [1.54, 1.807) is 30.3 Å². The minimum Gasteiger partial charge on any atom is -0.454 e. The molecule has 0 saturated heterocycles. The highest BCUT2D eigenvalue weighted by Gasteiger charge is 2.20. The van der Waals surface area contributed by atoms with Gasteiger partial charge in [-0.15, -0.1) is 0 Å². The van der Waals surface area contributed by atoms with Crippen LogP contribution in [0.15, 0.2) is 42.5 Å². The SMILES string of the molecule is O=C(OCc1nc2ccccc2n1C(F)F)c1ccc2c(c1)CCC2. The second kappa shape index (κ2) is 6.27. The number of hydrogen-bond acceptors (Lipinski definition) is 3. The maximum Gasteiger partial charge on any atom is 0.338 e. The third kappa shape index (κ3) is 2.88. The average Bonchev–Trinajstić information content (AvgIpc) is 3.22. The molecule has 6 heteroatoms. The zero-order valence-electron chi connectivity index (χ0n) is 13.4. The van der Waals surface area contributed by atoms with Gasteiger partial charge in [-0.3, -0.25) is 4.57 Å². The van der Waals surface area contributed by atoms with E-state index in [1.165, 1.54) is 5.56 Å². The van der Waals surface area contributed by atoms with Gasteiger partial charge < -0.3 is 4.74 Å². The molecule has 4 nitrogen and oxygen atoms in total.